The number of pyridine rings is 1. The first-order valence-corrected chi connectivity index (χ1v) is 15.1. The van der Waals surface area contributed by atoms with Crippen LogP contribution in [-0.4, -0.2) is 91.1 Å². The van der Waals surface area contributed by atoms with E-state index >= 15 is 0 Å². The average Bonchev–Trinajstić information content (AvgIpc) is 3.07. The summed E-state index contributed by atoms with van der Waals surface area (Å²) in [6, 6.07) is 14.1. The number of fused-ring (bicyclic) bond motifs is 2. The number of aryl methyl sites for hydroxylation is 2. The lowest BCUT2D eigenvalue weighted by Gasteiger charge is -2.16. The van der Waals surface area contributed by atoms with Crippen molar-refractivity contribution < 1.29 is 47.5 Å². The van der Waals surface area contributed by atoms with Crippen molar-refractivity contribution in [3.05, 3.63) is 70.8 Å². The van der Waals surface area contributed by atoms with Crippen molar-refractivity contribution in [1.29, 1.82) is 0 Å². The number of rotatable bonds is 18. The fourth-order valence-corrected chi connectivity index (χ4v) is 4.86. The number of benzene rings is 3. The summed E-state index contributed by atoms with van der Waals surface area (Å²) in [4.78, 5) is 31.2. The molecule has 0 spiro atoms. The van der Waals surface area contributed by atoms with E-state index < -0.39 is 11.9 Å². The number of carbonyl (C=O) groups excluding carboxylic acids is 2. The lowest BCUT2D eigenvalue weighted by atomic mass is 10.0. The molecule has 46 heavy (non-hydrogen) atoms. The van der Waals surface area contributed by atoms with Crippen LogP contribution in [-0.2, 0) is 30.1 Å². The minimum absolute atomic E-state index is 0.307. The van der Waals surface area contributed by atoms with E-state index in [1.807, 2.05) is 19.1 Å². The maximum absolute atomic E-state index is 14.2. The Bertz CT molecular complexity index is 1560. The Morgan fingerprint density at radius 2 is 1.22 bits per heavy atom. The van der Waals surface area contributed by atoms with E-state index in [0.717, 1.165) is 0 Å². The van der Waals surface area contributed by atoms with Crippen LogP contribution >= 0.6 is 0 Å². The van der Waals surface area contributed by atoms with E-state index in [1.165, 1.54) is 7.11 Å². The Hall–Kier alpha value is -4.29. The predicted octanol–water partition coefficient (Wildman–Crippen LogP) is 5.35. The van der Waals surface area contributed by atoms with Crippen LogP contribution in [0.5, 0.6) is 17.2 Å². The van der Waals surface area contributed by atoms with Gasteiger partial charge in [-0.2, -0.15) is 0 Å². The molecule has 11 nitrogen and oxygen atoms in total. The van der Waals surface area contributed by atoms with Gasteiger partial charge in [0.25, 0.3) is 0 Å². The van der Waals surface area contributed by atoms with Gasteiger partial charge in [0.05, 0.1) is 68.9 Å². The summed E-state index contributed by atoms with van der Waals surface area (Å²) < 4.78 is 43.9. The Balaban J connectivity index is 1.72. The van der Waals surface area contributed by atoms with E-state index in [-0.39, 0.29) is 0 Å². The van der Waals surface area contributed by atoms with Crippen molar-refractivity contribution in [2.75, 3.05) is 74.2 Å². The summed E-state index contributed by atoms with van der Waals surface area (Å²) >= 11 is 0. The first-order valence-electron chi connectivity index (χ1n) is 15.1. The summed E-state index contributed by atoms with van der Waals surface area (Å²) in [5, 5.41) is 1.11. The zero-order chi connectivity index (χ0) is 32.9. The van der Waals surface area contributed by atoms with E-state index in [4.69, 9.17) is 42.9 Å². The fourth-order valence-electron chi connectivity index (χ4n) is 4.86. The molecular formula is C35H41NO10. The molecule has 1 aromatic heterocycles. The molecule has 1 heterocycles. The summed E-state index contributed by atoms with van der Waals surface area (Å²) in [6.07, 6.45) is 0.529. The number of hydrogen-bond donors (Lipinski definition) is 0. The molecule has 0 aliphatic rings. The molecule has 11 heteroatoms. The molecule has 0 fully saturated rings. The van der Waals surface area contributed by atoms with E-state index in [9.17, 15) is 9.59 Å². The first-order chi connectivity index (χ1) is 22.4. The number of ether oxygens (including phenoxy) is 8. The molecule has 0 saturated carbocycles. The van der Waals surface area contributed by atoms with E-state index in [0.29, 0.717) is 121 Å². The molecule has 0 aliphatic carbocycles. The Labute approximate surface area is 268 Å². The fraction of sp³-hybridized carbons (Fsp3) is 0.400. The van der Waals surface area contributed by atoms with Crippen molar-refractivity contribution in [1.82, 2.24) is 4.98 Å². The smallest absolute Gasteiger partial charge is 0.344 e. The maximum Gasteiger partial charge on any atom is 0.344 e. The summed E-state index contributed by atoms with van der Waals surface area (Å²) in [5.41, 5.74) is 3.21. The minimum Gasteiger partial charge on any atom is -0.491 e. The van der Waals surface area contributed by atoms with Crippen LogP contribution in [0.15, 0.2) is 48.5 Å². The monoisotopic (exact) mass is 635 g/mol. The molecule has 0 bridgehead atoms. The van der Waals surface area contributed by atoms with Gasteiger partial charge in [0.15, 0.2) is 0 Å². The topological polar surface area (TPSA) is 121 Å². The van der Waals surface area contributed by atoms with Crippen molar-refractivity contribution in [2.24, 2.45) is 0 Å². The summed E-state index contributed by atoms with van der Waals surface area (Å²) in [6.45, 7) is 7.02. The number of nitrogens with zero attached hydrogens (tertiary/aromatic N) is 1. The van der Waals surface area contributed by atoms with Gasteiger partial charge in [-0.25, -0.2) is 14.6 Å². The Kier molecular flexibility index (Phi) is 13.1. The third kappa shape index (κ3) is 8.91. The van der Waals surface area contributed by atoms with Crippen molar-refractivity contribution in [3.63, 3.8) is 0 Å². The van der Waals surface area contributed by atoms with Gasteiger partial charge >= 0.3 is 11.9 Å². The van der Waals surface area contributed by atoms with Crippen LogP contribution in [0.25, 0.3) is 21.8 Å². The van der Waals surface area contributed by atoms with Gasteiger partial charge in [0, 0.05) is 25.0 Å². The minimum atomic E-state index is -0.582. The molecule has 4 aromatic rings. The summed E-state index contributed by atoms with van der Waals surface area (Å²) in [5.74, 6) is 0.439. The predicted molar refractivity (Wildman–Crippen MR) is 172 cm³/mol. The average molecular weight is 636 g/mol. The van der Waals surface area contributed by atoms with Crippen LogP contribution in [0.4, 0.5) is 0 Å². The maximum atomic E-state index is 14.2. The molecule has 0 atom stereocenters. The van der Waals surface area contributed by atoms with Gasteiger partial charge in [0.1, 0.15) is 30.5 Å². The van der Waals surface area contributed by atoms with Gasteiger partial charge in [0.2, 0.25) is 0 Å². The third-order valence-corrected chi connectivity index (χ3v) is 7.12. The number of aromatic nitrogens is 1. The van der Waals surface area contributed by atoms with Crippen LogP contribution in [0.1, 0.15) is 38.8 Å². The Morgan fingerprint density at radius 3 is 1.72 bits per heavy atom. The van der Waals surface area contributed by atoms with Gasteiger partial charge in [-0.1, -0.05) is 6.92 Å². The zero-order valence-corrected chi connectivity index (χ0v) is 27.0. The first kappa shape index (κ1) is 34.6. The van der Waals surface area contributed by atoms with Gasteiger partial charge in [-0.3, -0.25) is 0 Å². The van der Waals surface area contributed by atoms with Crippen LogP contribution in [0.2, 0.25) is 0 Å². The largest absolute Gasteiger partial charge is 0.491 e. The molecule has 3 aromatic carbocycles. The van der Waals surface area contributed by atoms with Gasteiger partial charge < -0.3 is 37.9 Å². The van der Waals surface area contributed by atoms with Crippen molar-refractivity contribution in [2.45, 2.75) is 20.3 Å². The molecule has 0 saturated heterocycles. The molecule has 0 aliphatic heterocycles. The van der Waals surface area contributed by atoms with Gasteiger partial charge in [-0.05, 0) is 73.0 Å². The second-order valence-electron chi connectivity index (χ2n) is 10.3. The number of carbonyl (C=O) groups is 2. The Morgan fingerprint density at radius 1 is 0.674 bits per heavy atom. The van der Waals surface area contributed by atoms with Crippen LogP contribution < -0.4 is 14.2 Å². The SMILES string of the molecule is CCc1cc(C(=O)OC)cc(C)c1OC(=O)c1c2cc(OCCOCCOC)ccc2nc2ccc(OCCOCCOC)cc12. The number of methoxy groups -OCH3 is 3. The lowest BCUT2D eigenvalue weighted by molar-refractivity contribution is 0.0544. The normalized spacial score (nSPS) is 11.2. The molecule has 0 radical (unpaired) electrons. The molecule has 4 rings (SSSR count). The highest BCUT2D eigenvalue weighted by molar-refractivity contribution is 6.15. The highest BCUT2D eigenvalue weighted by Gasteiger charge is 2.23. The summed E-state index contributed by atoms with van der Waals surface area (Å²) in [7, 11) is 4.56. The van der Waals surface area contributed by atoms with Crippen LogP contribution in [0.3, 0.4) is 0 Å². The second-order valence-corrected chi connectivity index (χ2v) is 10.3. The molecule has 0 unspecified atom stereocenters. The van der Waals surface area contributed by atoms with Crippen molar-refractivity contribution in [3.8, 4) is 17.2 Å². The second kappa shape index (κ2) is 17.4. The number of hydrogen-bond acceptors (Lipinski definition) is 11. The standard InChI is InChI=1S/C35H41NO10/c1-6-24-20-25(34(37)41-5)19-23(2)33(24)46-35(38)32-28-21-26(44-17-15-42-13-11-39-3)7-9-30(28)36-31-10-8-27(22-29(31)32)45-18-16-43-14-12-40-4/h7-10,19-22H,6,11-18H2,1-5H3. The molecule has 246 valence electrons. The molecular weight excluding hydrogens is 594 g/mol. The highest BCUT2D eigenvalue weighted by Crippen LogP contribution is 2.34. The zero-order valence-electron chi connectivity index (χ0n) is 27.0. The quantitative estimate of drug-likeness (QED) is 0.0609. The van der Waals surface area contributed by atoms with E-state index in [1.54, 1.807) is 57.5 Å². The third-order valence-electron chi connectivity index (χ3n) is 7.12. The lowest BCUT2D eigenvalue weighted by Crippen LogP contribution is -2.14. The molecule has 0 amide bonds. The van der Waals surface area contributed by atoms with Crippen molar-refractivity contribution >= 4 is 33.7 Å². The highest BCUT2D eigenvalue weighted by atomic mass is 16.6. The van der Waals surface area contributed by atoms with Crippen LogP contribution in [0, 0.1) is 6.92 Å². The van der Waals surface area contributed by atoms with Gasteiger partial charge in [-0.15, -0.1) is 0 Å². The van der Waals surface area contributed by atoms with E-state index in [2.05, 4.69) is 0 Å². The number of esters is 2. The molecule has 0 N–H and O–H groups in total.